The molecule has 0 saturated heterocycles. The van der Waals surface area contributed by atoms with Gasteiger partial charge in [0.05, 0.1) is 0 Å². The van der Waals surface area contributed by atoms with Crippen molar-refractivity contribution < 1.29 is 4.79 Å². The molecule has 1 amide bonds. The minimum atomic E-state index is 0.187. The Morgan fingerprint density at radius 1 is 1.24 bits per heavy atom. The lowest BCUT2D eigenvalue weighted by Crippen LogP contribution is -2.32. The van der Waals surface area contributed by atoms with Gasteiger partial charge in [-0.3, -0.25) is 4.79 Å². The van der Waals surface area contributed by atoms with Gasteiger partial charge in [-0.25, -0.2) is 4.98 Å². The fraction of sp³-hybridized carbons (Fsp3) is 0.667. The molecule has 0 radical (unpaired) electrons. The summed E-state index contributed by atoms with van der Waals surface area (Å²) in [7, 11) is 3.53. The molecule has 6 heteroatoms. The van der Waals surface area contributed by atoms with Crippen LogP contribution in [0.15, 0.2) is 6.07 Å². The van der Waals surface area contributed by atoms with Gasteiger partial charge in [0.15, 0.2) is 0 Å². The molecule has 0 atom stereocenters. The third kappa shape index (κ3) is 4.31. The van der Waals surface area contributed by atoms with Crippen molar-refractivity contribution in [3.63, 3.8) is 0 Å². The molecule has 1 aliphatic rings. The summed E-state index contributed by atoms with van der Waals surface area (Å²) < 4.78 is 0. The summed E-state index contributed by atoms with van der Waals surface area (Å²) >= 11 is 0. The predicted octanol–water partition coefficient (Wildman–Crippen LogP) is 1.79. The highest BCUT2D eigenvalue weighted by Gasteiger charge is 2.25. The van der Waals surface area contributed by atoms with Crippen LogP contribution in [0.2, 0.25) is 0 Å². The molecule has 21 heavy (non-hydrogen) atoms. The average Bonchev–Trinajstić information content (AvgIpc) is 2.52. The molecule has 1 heterocycles. The Labute approximate surface area is 126 Å². The molecule has 1 aromatic heterocycles. The minimum absolute atomic E-state index is 0.187. The van der Waals surface area contributed by atoms with Crippen molar-refractivity contribution in [2.45, 2.75) is 32.6 Å². The van der Waals surface area contributed by atoms with Crippen LogP contribution in [0.25, 0.3) is 0 Å². The summed E-state index contributed by atoms with van der Waals surface area (Å²) in [6.07, 6.45) is 4.15. The van der Waals surface area contributed by atoms with Crippen LogP contribution >= 0.6 is 0 Å². The Morgan fingerprint density at radius 3 is 2.57 bits per heavy atom. The van der Waals surface area contributed by atoms with Gasteiger partial charge in [0.2, 0.25) is 11.9 Å². The van der Waals surface area contributed by atoms with Crippen LogP contribution in [0, 0.1) is 18.8 Å². The second-order valence-corrected chi connectivity index (χ2v) is 5.68. The summed E-state index contributed by atoms with van der Waals surface area (Å²) in [4.78, 5) is 20.3. The summed E-state index contributed by atoms with van der Waals surface area (Å²) in [6.45, 7) is 2.86. The van der Waals surface area contributed by atoms with E-state index < -0.39 is 0 Å². The smallest absolute Gasteiger partial charge is 0.224 e. The number of nitrogens with one attached hydrogen (secondary N) is 3. The lowest BCUT2D eigenvalue weighted by Gasteiger charge is -2.27. The van der Waals surface area contributed by atoms with E-state index in [1.54, 1.807) is 7.05 Å². The standard InChI is InChI=1S/C15H25N5O/c1-10-8-13(20-15(17-3)19-10)18-9-11-4-6-12(7-5-11)14(21)16-2/h8,11-12H,4-7,9H2,1-3H3,(H,16,21)(H2,17,18,19,20). The Hall–Kier alpha value is -1.85. The van der Waals surface area contributed by atoms with Crippen LogP contribution in [0.5, 0.6) is 0 Å². The zero-order chi connectivity index (χ0) is 15.2. The maximum absolute atomic E-state index is 11.6. The first-order chi connectivity index (χ1) is 10.1. The van der Waals surface area contributed by atoms with Crippen LogP contribution in [-0.2, 0) is 4.79 Å². The number of aromatic nitrogens is 2. The van der Waals surface area contributed by atoms with Gasteiger partial charge in [-0.05, 0) is 38.5 Å². The van der Waals surface area contributed by atoms with Gasteiger partial charge in [-0.1, -0.05) is 0 Å². The first-order valence-corrected chi connectivity index (χ1v) is 7.61. The Kier molecular flexibility index (Phi) is 5.36. The Balaban J connectivity index is 1.82. The topological polar surface area (TPSA) is 78.9 Å². The molecule has 116 valence electrons. The number of amides is 1. The van der Waals surface area contributed by atoms with Crippen molar-refractivity contribution in [3.05, 3.63) is 11.8 Å². The quantitative estimate of drug-likeness (QED) is 0.771. The number of hydrogen-bond acceptors (Lipinski definition) is 5. The van der Waals surface area contributed by atoms with Crippen LogP contribution < -0.4 is 16.0 Å². The van der Waals surface area contributed by atoms with Crippen molar-refractivity contribution in [2.75, 3.05) is 31.3 Å². The summed E-state index contributed by atoms with van der Waals surface area (Å²) in [5.41, 5.74) is 0.945. The van der Waals surface area contributed by atoms with Crippen molar-refractivity contribution in [1.82, 2.24) is 15.3 Å². The van der Waals surface area contributed by atoms with Crippen molar-refractivity contribution >= 4 is 17.7 Å². The third-order valence-corrected chi connectivity index (χ3v) is 4.11. The number of carbonyl (C=O) groups is 1. The SMILES string of the molecule is CNC(=O)C1CCC(CNc2cc(C)nc(NC)n2)CC1. The first-order valence-electron chi connectivity index (χ1n) is 7.61. The second kappa shape index (κ2) is 7.24. The van der Waals surface area contributed by atoms with Gasteiger partial charge in [0, 0.05) is 38.3 Å². The van der Waals surface area contributed by atoms with Crippen LogP contribution in [0.4, 0.5) is 11.8 Å². The van der Waals surface area contributed by atoms with Crippen molar-refractivity contribution in [1.29, 1.82) is 0 Å². The molecule has 6 nitrogen and oxygen atoms in total. The fourth-order valence-electron chi connectivity index (χ4n) is 2.85. The predicted molar refractivity (Wildman–Crippen MR) is 84.3 cm³/mol. The van der Waals surface area contributed by atoms with Gasteiger partial charge in [0.1, 0.15) is 5.82 Å². The zero-order valence-corrected chi connectivity index (χ0v) is 13.1. The average molecular weight is 291 g/mol. The maximum Gasteiger partial charge on any atom is 0.224 e. The molecule has 2 rings (SSSR count). The zero-order valence-electron chi connectivity index (χ0n) is 13.1. The molecule has 0 bridgehead atoms. The number of carbonyl (C=O) groups excluding carboxylic acids is 1. The highest BCUT2D eigenvalue weighted by molar-refractivity contribution is 5.78. The van der Waals surface area contributed by atoms with E-state index in [1.807, 2.05) is 20.0 Å². The van der Waals surface area contributed by atoms with Crippen molar-refractivity contribution in [2.24, 2.45) is 11.8 Å². The van der Waals surface area contributed by atoms with E-state index >= 15 is 0 Å². The number of nitrogens with zero attached hydrogens (tertiary/aromatic N) is 2. The van der Waals surface area contributed by atoms with E-state index in [0.29, 0.717) is 11.9 Å². The Morgan fingerprint density at radius 2 is 1.95 bits per heavy atom. The number of aryl methyl sites for hydroxylation is 1. The molecule has 1 aliphatic carbocycles. The van der Waals surface area contributed by atoms with Gasteiger partial charge in [-0.2, -0.15) is 4.98 Å². The normalized spacial score (nSPS) is 21.7. The fourth-order valence-corrected chi connectivity index (χ4v) is 2.85. The molecule has 0 spiro atoms. The summed E-state index contributed by atoms with van der Waals surface area (Å²) in [6, 6.07) is 1.96. The van der Waals surface area contributed by atoms with Gasteiger partial charge < -0.3 is 16.0 Å². The molecule has 0 aromatic carbocycles. The minimum Gasteiger partial charge on any atom is -0.370 e. The monoisotopic (exact) mass is 291 g/mol. The molecule has 1 aromatic rings. The number of rotatable bonds is 5. The molecular weight excluding hydrogens is 266 g/mol. The van der Waals surface area contributed by atoms with Gasteiger partial charge >= 0.3 is 0 Å². The number of anilines is 2. The highest BCUT2D eigenvalue weighted by atomic mass is 16.1. The van der Waals surface area contributed by atoms with E-state index in [4.69, 9.17) is 0 Å². The summed E-state index contributed by atoms with van der Waals surface area (Å²) in [5, 5.41) is 9.11. The summed E-state index contributed by atoms with van der Waals surface area (Å²) in [5.74, 6) is 2.50. The molecule has 0 unspecified atom stereocenters. The van der Waals surface area contributed by atoms with E-state index in [1.165, 1.54) is 0 Å². The Bertz CT molecular complexity index is 483. The largest absolute Gasteiger partial charge is 0.370 e. The van der Waals surface area contributed by atoms with Crippen LogP contribution in [0.1, 0.15) is 31.4 Å². The molecule has 1 fully saturated rings. The van der Waals surface area contributed by atoms with Gasteiger partial charge in [-0.15, -0.1) is 0 Å². The second-order valence-electron chi connectivity index (χ2n) is 5.68. The first kappa shape index (κ1) is 15.5. The van der Waals surface area contributed by atoms with E-state index in [0.717, 1.165) is 43.7 Å². The molecular formula is C15H25N5O. The van der Waals surface area contributed by atoms with Crippen LogP contribution in [-0.4, -0.2) is 36.5 Å². The third-order valence-electron chi connectivity index (χ3n) is 4.11. The van der Waals surface area contributed by atoms with Crippen LogP contribution in [0.3, 0.4) is 0 Å². The number of hydrogen-bond donors (Lipinski definition) is 3. The molecule has 0 aliphatic heterocycles. The van der Waals surface area contributed by atoms with Crippen molar-refractivity contribution in [3.8, 4) is 0 Å². The van der Waals surface area contributed by atoms with E-state index in [-0.39, 0.29) is 11.8 Å². The molecule has 3 N–H and O–H groups in total. The van der Waals surface area contributed by atoms with E-state index in [2.05, 4.69) is 25.9 Å². The lowest BCUT2D eigenvalue weighted by molar-refractivity contribution is -0.125. The maximum atomic E-state index is 11.6. The molecule has 1 saturated carbocycles. The highest BCUT2D eigenvalue weighted by Crippen LogP contribution is 2.29. The van der Waals surface area contributed by atoms with E-state index in [9.17, 15) is 4.79 Å². The lowest BCUT2D eigenvalue weighted by atomic mass is 9.81. The van der Waals surface area contributed by atoms with Gasteiger partial charge in [0.25, 0.3) is 0 Å².